The number of carbonyl (C=O) groups excluding carboxylic acids is 1. The summed E-state index contributed by atoms with van der Waals surface area (Å²) in [6.07, 6.45) is 4.69. The molecule has 2 nitrogen and oxygen atoms in total. The quantitative estimate of drug-likeness (QED) is 0.822. The molecule has 1 atom stereocenters. The van der Waals surface area contributed by atoms with Crippen LogP contribution in [-0.4, -0.2) is 12.5 Å². The smallest absolute Gasteiger partial charge is 0.216 e. The highest BCUT2D eigenvalue weighted by Gasteiger charge is 2.20. The Labute approximate surface area is 149 Å². The van der Waals surface area contributed by atoms with Gasteiger partial charge in [0.25, 0.3) is 0 Å². The fourth-order valence-electron chi connectivity index (χ4n) is 3.40. The van der Waals surface area contributed by atoms with Crippen LogP contribution in [0.5, 0.6) is 0 Å². The highest BCUT2D eigenvalue weighted by molar-refractivity contribution is 7.99. The third-order valence-electron chi connectivity index (χ3n) is 4.68. The van der Waals surface area contributed by atoms with Gasteiger partial charge in [-0.3, -0.25) is 4.79 Å². The Kier molecular flexibility index (Phi) is 5.62. The fourth-order valence-corrected chi connectivity index (χ4v) is 4.27. The Bertz CT molecular complexity index is 708. The number of fused-ring (bicyclic) bond motifs is 1. The summed E-state index contributed by atoms with van der Waals surface area (Å²) in [6, 6.07) is 15.6. The van der Waals surface area contributed by atoms with E-state index < -0.39 is 0 Å². The molecule has 0 bridgehead atoms. The number of hydrogen-bond acceptors (Lipinski definition) is 2. The van der Waals surface area contributed by atoms with Gasteiger partial charge in [0.1, 0.15) is 0 Å². The molecule has 1 aliphatic carbocycles. The van der Waals surface area contributed by atoms with Crippen LogP contribution in [0.4, 0.5) is 0 Å². The van der Waals surface area contributed by atoms with Gasteiger partial charge in [0, 0.05) is 23.3 Å². The molecule has 0 heterocycles. The summed E-state index contributed by atoms with van der Waals surface area (Å²) >= 11 is 1.83. The first-order chi connectivity index (χ1) is 11.6. The average molecular weight is 340 g/mol. The Hall–Kier alpha value is -1.74. The van der Waals surface area contributed by atoms with E-state index in [1.807, 2.05) is 11.8 Å². The van der Waals surface area contributed by atoms with E-state index >= 15 is 0 Å². The summed E-state index contributed by atoms with van der Waals surface area (Å²) in [4.78, 5) is 13.7. The maximum atomic E-state index is 11.1. The first-order valence-electron chi connectivity index (χ1n) is 8.73. The molecule has 1 unspecified atom stereocenters. The number of rotatable bonds is 5. The lowest BCUT2D eigenvalue weighted by molar-refractivity contribution is -0.118. The van der Waals surface area contributed by atoms with Crippen molar-refractivity contribution >= 4 is 17.7 Å². The Morgan fingerprint density at radius 2 is 1.92 bits per heavy atom. The summed E-state index contributed by atoms with van der Waals surface area (Å²) in [6.45, 7) is 4.48. The first-order valence-corrected chi connectivity index (χ1v) is 9.55. The van der Waals surface area contributed by atoms with Crippen LogP contribution in [-0.2, 0) is 11.2 Å². The van der Waals surface area contributed by atoms with Crippen LogP contribution in [0, 0.1) is 6.92 Å². The molecular formula is C21H25NOS. The van der Waals surface area contributed by atoms with Crippen molar-refractivity contribution in [1.29, 1.82) is 0 Å². The molecule has 24 heavy (non-hydrogen) atoms. The molecule has 0 saturated carbocycles. The summed E-state index contributed by atoms with van der Waals surface area (Å²) < 4.78 is 0. The minimum Gasteiger partial charge on any atom is -0.356 e. The molecule has 1 aliphatic rings. The predicted octanol–water partition coefficient (Wildman–Crippen LogP) is 5.09. The van der Waals surface area contributed by atoms with Crippen molar-refractivity contribution in [3.63, 3.8) is 0 Å². The largest absolute Gasteiger partial charge is 0.356 e. The molecule has 0 fully saturated rings. The number of aryl methyl sites for hydroxylation is 2. The van der Waals surface area contributed by atoms with Gasteiger partial charge in [0.05, 0.1) is 0 Å². The number of nitrogens with one attached hydrogen (secondary N) is 1. The van der Waals surface area contributed by atoms with E-state index in [9.17, 15) is 4.79 Å². The molecule has 0 aliphatic heterocycles. The average Bonchev–Trinajstić information content (AvgIpc) is 2.57. The van der Waals surface area contributed by atoms with E-state index in [2.05, 4.69) is 54.7 Å². The van der Waals surface area contributed by atoms with Gasteiger partial charge in [-0.1, -0.05) is 35.5 Å². The molecule has 3 rings (SSSR count). The third kappa shape index (κ3) is 4.41. The molecule has 1 N–H and O–H groups in total. The molecule has 2 aromatic carbocycles. The maximum absolute atomic E-state index is 11.1. The van der Waals surface area contributed by atoms with Crippen LogP contribution in [0.3, 0.4) is 0 Å². The van der Waals surface area contributed by atoms with Crippen molar-refractivity contribution in [3.05, 3.63) is 59.2 Å². The second kappa shape index (κ2) is 7.89. The van der Waals surface area contributed by atoms with Crippen molar-refractivity contribution in [2.45, 2.75) is 55.2 Å². The third-order valence-corrected chi connectivity index (χ3v) is 5.68. The van der Waals surface area contributed by atoms with Crippen LogP contribution in [0.25, 0.3) is 0 Å². The van der Waals surface area contributed by atoms with Gasteiger partial charge < -0.3 is 5.32 Å². The number of benzene rings is 2. The maximum Gasteiger partial charge on any atom is 0.216 e. The van der Waals surface area contributed by atoms with E-state index in [-0.39, 0.29) is 5.91 Å². The second-order valence-corrected chi connectivity index (χ2v) is 7.78. The molecular weight excluding hydrogens is 314 g/mol. The highest BCUT2D eigenvalue weighted by Crippen LogP contribution is 2.37. The van der Waals surface area contributed by atoms with Gasteiger partial charge in [0.15, 0.2) is 0 Å². The lowest BCUT2D eigenvalue weighted by atomic mass is 9.81. The topological polar surface area (TPSA) is 29.1 Å². The molecule has 2 aromatic rings. The Morgan fingerprint density at radius 3 is 2.67 bits per heavy atom. The van der Waals surface area contributed by atoms with Gasteiger partial charge in [-0.25, -0.2) is 0 Å². The van der Waals surface area contributed by atoms with E-state index in [1.165, 1.54) is 45.7 Å². The van der Waals surface area contributed by atoms with Gasteiger partial charge in [-0.05, 0) is 73.9 Å². The van der Waals surface area contributed by atoms with Crippen LogP contribution in [0.2, 0.25) is 0 Å². The summed E-state index contributed by atoms with van der Waals surface area (Å²) in [7, 11) is 0. The van der Waals surface area contributed by atoms with Crippen LogP contribution in [0.1, 0.15) is 48.8 Å². The normalized spacial score (nSPS) is 16.5. The van der Waals surface area contributed by atoms with Gasteiger partial charge >= 0.3 is 0 Å². The Balaban J connectivity index is 1.74. The molecule has 0 spiro atoms. The zero-order chi connectivity index (χ0) is 16.9. The van der Waals surface area contributed by atoms with E-state index in [0.717, 1.165) is 13.0 Å². The van der Waals surface area contributed by atoms with Crippen molar-refractivity contribution in [2.75, 3.05) is 6.54 Å². The van der Waals surface area contributed by atoms with Crippen molar-refractivity contribution in [2.24, 2.45) is 0 Å². The zero-order valence-corrected chi connectivity index (χ0v) is 15.3. The van der Waals surface area contributed by atoms with Gasteiger partial charge in [-0.15, -0.1) is 0 Å². The second-order valence-electron chi connectivity index (χ2n) is 6.64. The Morgan fingerprint density at radius 1 is 1.17 bits per heavy atom. The highest BCUT2D eigenvalue weighted by atomic mass is 32.2. The minimum atomic E-state index is 0.0645. The lowest BCUT2D eigenvalue weighted by Crippen LogP contribution is -2.23. The SMILES string of the molecule is CC(=O)NCCC1CCCc2ccc(Sc3ccc(C)cc3)cc21. The van der Waals surface area contributed by atoms with E-state index in [4.69, 9.17) is 0 Å². The van der Waals surface area contributed by atoms with Gasteiger partial charge in [-0.2, -0.15) is 0 Å². The van der Waals surface area contributed by atoms with E-state index in [0.29, 0.717) is 5.92 Å². The van der Waals surface area contributed by atoms with Crippen LogP contribution < -0.4 is 5.32 Å². The number of hydrogen-bond donors (Lipinski definition) is 1. The minimum absolute atomic E-state index is 0.0645. The number of carbonyl (C=O) groups is 1. The molecule has 3 heteroatoms. The monoisotopic (exact) mass is 339 g/mol. The molecule has 126 valence electrons. The van der Waals surface area contributed by atoms with Crippen LogP contribution in [0.15, 0.2) is 52.3 Å². The predicted molar refractivity (Wildman–Crippen MR) is 101 cm³/mol. The molecule has 0 saturated heterocycles. The van der Waals surface area contributed by atoms with Crippen molar-refractivity contribution in [3.8, 4) is 0 Å². The standard InChI is InChI=1S/C21H25NOS/c1-15-6-9-19(10-7-15)24-20-11-8-17-4-3-5-18(21(17)14-20)12-13-22-16(2)23/h6-11,14,18H,3-5,12-13H2,1-2H3,(H,22,23). The fraction of sp³-hybridized carbons (Fsp3) is 0.381. The molecule has 0 aromatic heterocycles. The molecule has 0 radical (unpaired) electrons. The summed E-state index contributed by atoms with van der Waals surface area (Å²) in [5.74, 6) is 0.633. The molecule has 1 amide bonds. The van der Waals surface area contributed by atoms with Crippen molar-refractivity contribution in [1.82, 2.24) is 5.32 Å². The summed E-state index contributed by atoms with van der Waals surface area (Å²) in [5, 5.41) is 2.94. The lowest BCUT2D eigenvalue weighted by Gasteiger charge is -2.26. The zero-order valence-electron chi connectivity index (χ0n) is 14.5. The van der Waals surface area contributed by atoms with E-state index in [1.54, 1.807) is 6.92 Å². The summed E-state index contributed by atoms with van der Waals surface area (Å²) in [5.41, 5.74) is 4.27. The van der Waals surface area contributed by atoms with Gasteiger partial charge in [0.2, 0.25) is 5.91 Å². The first kappa shape index (κ1) is 17.1. The van der Waals surface area contributed by atoms with Crippen molar-refractivity contribution < 1.29 is 4.79 Å². The van der Waals surface area contributed by atoms with Crippen LogP contribution >= 0.6 is 11.8 Å². The number of amides is 1.